The molecule has 1 atom stereocenters. The largest absolute Gasteiger partial charge is 0.444 e. The number of alkyl carbamates (subject to hydrolysis) is 1. The fourth-order valence-corrected chi connectivity index (χ4v) is 3.74. The Bertz CT molecular complexity index is 907. The first-order valence-corrected chi connectivity index (χ1v) is 10.1. The lowest BCUT2D eigenvalue weighted by Gasteiger charge is -2.28. The third-order valence-electron chi connectivity index (χ3n) is 5.21. The molecule has 0 saturated heterocycles. The van der Waals surface area contributed by atoms with Crippen LogP contribution in [0.4, 0.5) is 21.9 Å². The minimum atomic E-state index is -0.485. The highest BCUT2D eigenvalue weighted by atomic mass is 16.6. The second-order valence-corrected chi connectivity index (χ2v) is 8.54. The molecular weight excluding hydrogens is 362 g/mol. The Balaban J connectivity index is 1.71. The standard InChI is InChI=1S/C24H29N3O2/c1-24(2,3)29-23(28)26-16-18-8-6-7-17-15-21(13-14-22(17)18)27(5)20-11-9-19(25-4)10-12-20/h9-15,18H,6-8,16H2,1-3,5H3,(H,26,28)/t18-/m0/s1. The van der Waals surface area contributed by atoms with Gasteiger partial charge in [0.15, 0.2) is 5.69 Å². The Labute approximate surface area is 173 Å². The summed E-state index contributed by atoms with van der Waals surface area (Å²) in [5.41, 5.74) is 4.99. The van der Waals surface area contributed by atoms with Gasteiger partial charge in [-0.3, -0.25) is 0 Å². The van der Waals surface area contributed by atoms with Crippen LogP contribution in [-0.4, -0.2) is 25.3 Å². The third-order valence-corrected chi connectivity index (χ3v) is 5.21. The third kappa shape index (κ3) is 5.29. The first-order chi connectivity index (χ1) is 13.8. The van der Waals surface area contributed by atoms with Crippen molar-refractivity contribution >= 4 is 23.2 Å². The molecule has 29 heavy (non-hydrogen) atoms. The maximum Gasteiger partial charge on any atom is 0.407 e. The van der Waals surface area contributed by atoms with Crippen LogP contribution >= 0.6 is 0 Å². The first-order valence-electron chi connectivity index (χ1n) is 10.1. The van der Waals surface area contributed by atoms with E-state index in [9.17, 15) is 4.79 Å². The fourth-order valence-electron chi connectivity index (χ4n) is 3.74. The Kier molecular flexibility index (Phi) is 6.12. The van der Waals surface area contributed by atoms with Gasteiger partial charge in [0.1, 0.15) is 5.60 Å². The average Bonchev–Trinajstić information content (AvgIpc) is 2.70. The molecule has 1 aliphatic rings. The van der Waals surface area contributed by atoms with Crippen LogP contribution in [0.2, 0.25) is 0 Å². The van der Waals surface area contributed by atoms with Crippen LogP contribution in [0.1, 0.15) is 50.7 Å². The summed E-state index contributed by atoms with van der Waals surface area (Å²) in [7, 11) is 2.04. The Morgan fingerprint density at radius 1 is 1.21 bits per heavy atom. The summed E-state index contributed by atoms with van der Waals surface area (Å²) in [5, 5.41) is 2.93. The number of fused-ring (bicyclic) bond motifs is 1. The van der Waals surface area contributed by atoms with Crippen LogP contribution in [0, 0.1) is 6.57 Å². The van der Waals surface area contributed by atoms with Crippen LogP contribution < -0.4 is 10.2 Å². The highest BCUT2D eigenvalue weighted by Crippen LogP contribution is 2.35. The topological polar surface area (TPSA) is 45.9 Å². The molecule has 0 unspecified atom stereocenters. The number of amides is 1. The minimum Gasteiger partial charge on any atom is -0.444 e. The zero-order chi connectivity index (χ0) is 21.0. The van der Waals surface area contributed by atoms with E-state index in [0.717, 1.165) is 30.6 Å². The molecule has 0 heterocycles. The summed E-state index contributed by atoms with van der Waals surface area (Å²) in [6.07, 6.45) is 2.87. The molecule has 3 rings (SSSR count). The van der Waals surface area contributed by atoms with Crippen molar-refractivity contribution < 1.29 is 9.53 Å². The van der Waals surface area contributed by atoms with Crippen LogP contribution in [0.25, 0.3) is 4.85 Å². The maximum absolute atomic E-state index is 12.0. The Hall–Kier alpha value is -3.00. The number of aryl methyl sites for hydroxylation is 1. The molecule has 0 radical (unpaired) electrons. The molecule has 5 nitrogen and oxygen atoms in total. The van der Waals surface area contributed by atoms with Crippen molar-refractivity contribution in [1.29, 1.82) is 0 Å². The molecule has 1 amide bonds. The summed E-state index contributed by atoms with van der Waals surface area (Å²) in [6, 6.07) is 14.2. The average molecular weight is 392 g/mol. The van der Waals surface area contributed by atoms with E-state index in [1.165, 1.54) is 11.1 Å². The normalized spacial score (nSPS) is 15.8. The number of ether oxygens (including phenoxy) is 1. The van der Waals surface area contributed by atoms with Crippen LogP contribution in [0.3, 0.4) is 0 Å². The van der Waals surface area contributed by atoms with Crippen molar-refractivity contribution in [2.45, 2.75) is 51.6 Å². The van der Waals surface area contributed by atoms with Gasteiger partial charge < -0.3 is 15.0 Å². The number of benzene rings is 2. The predicted octanol–water partition coefficient (Wildman–Crippen LogP) is 5.95. The van der Waals surface area contributed by atoms with Crippen LogP contribution in [0.15, 0.2) is 42.5 Å². The second kappa shape index (κ2) is 8.57. The number of hydrogen-bond acceptors (Lipinski definition) is 3. The molecule has 0 bridgehead atoms. The summed E-state index contributed by atoms with van der Waals surface area (Å²) in [5.74, 6) is 0.309. The van der Waals surface area contributed by atoms with Crippen molar-refractivity contribution in [3.05, 3.63) is 65.0 Å². The van der Waals surface area contributed by atoms with Crippen LogP contribution in [0.5, 0.6) is 0 Å². The highest BCUT2D eigenvalue weighted by molar-refractivity contribution is 5.68. The van der Waals surface area contributed by atoms with E-state index in [-0.39, 0.29) is 6.09 Å². The summed E-state index contributed by atoms with van der Waals surface area (Å²) in [6.45, 7) is 13.3. The molecule has 1 N–H and O–H groups in total. The van der Waals surface area contributed by atoms with Crippen molar-refractivity contribution in [2.24, 2.45) is 0 Å². The van der Waals surface area contributed by atoms with E-state index < -0.39 is 5.60 Å². The van der Waals surface area contributed by atoms with E-state index >= 15 is 0 Å². The van der Waals surface area contributed by atoms with Crippen molar-refractivity contribution in [1.82, 2.24) is 5.32 Å². The Morgan fingerprint density at radius 2 is 1.90 bits per heavy atom. The SMILES string of the molecule is [C-]#[N+]c1ccc(N(C)c2ccc3c(c2)CCC[C@H]3CNC(=O)OC(C)(C)C)cc1. The van der Waals surface area contributed by atoms with Gasteiger partial charge in [-0.25, -0.2) is 9.64 Å². The van der Waals surface area contributed by atoms with Gasteiger partial charge in [-0.1, -0.05) is 18.2 Å². The second-order valence-electron chi connectivity index (χ2n) is 8.54. The minimum absolute atomic E-state index is 0.309. The lowest BCUT2D eigenvalue weighted by Crippen LogP contribution is -2.35. The molecule has 0 aliphatic heterocycles. The number of anilines is 2. The van der Waals surface area contributed by atoms with Crippen molar-refractivity contribution in [3.63, 3.8) is 0 Å². The number of rotatable bonds is 4. The highest BCUT2D eigenvalue weighted by Gasteiger charge is 2.23. The quantitative estimate of drug-likeness (QED) is 0.655. The molecule has 1 aliphatic carbocycles. The number of nitrogens with one attached hydrogen (secondary N) is 1. The lowest BCUT2D eigenvalue weighted by molar-refractivity contribution is 0.0523. The molecule has 2 aromatic rings. The molecule has 5 heteroatoms. The van der Waals surface area contributed by atoms with Gasteiger partial charge in [-0.05, 0) is 75.4 Å². The number of carbonyl (C=O) groups excluding carboxylic acids is 1. The van der Waals surface area contributed by atoms with Gasteiger partial charge in [0.2, 0.25) is 0 Å². The summed E-state index contributed by atoms with van der Waals surface area (Å²) in [4.78, 5) is 17.6. The van der Waals surface area contributed by atoms with E-state index in [1.54, 1.807) is 0 Å². The molecular formula is C24H29N3O2. The lowest BCUT2D eigenvalue weighted by atomic mass is 9.82. The van der Waals surface area contributed by atoms with E-state index in [0.29, 0.717) is 18.2 Å². The predicted molar refractivity (Wildman–Crippen MR) is 117 cm³/mol. The smallest absolute Gasteiger partial charge is 0.407 e. The zero-order valence-corrected chi connectivity index (χ0v) is 17.7. The summed E-state index contributed by atoms with van der Waals surface area (Å²) < 4.78 is 5.36. The van der Waals surface area contributed by atoms with Gasteiger partial charge in [0.25, 0.3) is 0 Å². The van der Waals surface area contributed by atoms with Gasteiger partial charge in [-0.2, -0.15) is 0 Å². The van der Waals surface area contributed by atoms with Gasteiger partial charge in [-0.15, -0.1) is 0 Å². The fraction of sp³-hybridized carbons (Fsp3) is 0.417. The number of carbonyl (C=O) groups is 1. The monoisotopic (exact) mass is 391 g/mol. The van der Waals surface area contributed by atoms with Crippen LogP contribution in [-0.2, 0) is 11.2 Å². The van der Waals surface area contributed by atoms with Gasteiger partial charge in [0, 0.05) is 30.9 Å². The zero-order valence-electron chi connectivity index (χ0n) is 17.7. The molecule has 0 spiro atoms. The maximum atomic E-state index is 12.0. The molecule has 0 aromatic heterocycles. The molecule has 0 fully saturated rings. The molecule has 152 valence electrons. The van der Waals surface area contributed by atoms with E-state index in [2.05, 4.69) is 33.3 Å². The van der Waals surface area contributed by atoms with Crippen molar-refractivity contribution in [3.8, 4) is 0 Å². The number of hydrogen-bond donors (Lipinski definition) is 1. The van der Waals surface area contributed by atoms with E-state index in [1.807, 2.05) is 52.1 Å². The Morgan fingerprint density at radius 3 is 2.55 bits per heavy atom. The van der Waals surface area contributed by atoms with Crippen molar-refractivity contribution in [2.75, 3.05) is 18.5 Å². The first kappa shape index (κ1) is 20.7. The van der Waals surface area contributed by atoms with E-state index in [4.69, 9.17) is 11.3 Å². The molecule has 2 aromatic carbocycles. The van der Waals surface area contributed by atoms with Gasteiger partial charge >= 0.3 is 6.09 Å². The summed E-state index contributed by atoms with van der Waals surface area (Å²) >= 11 is 0. The van der Waals surface area contributed by atoms with Gasteiger partial charge in [0.05, 0.1) is 6.57 Å². The molecule has 0 saturated carbocycles. The number of nitrogens with zero attached hydrogens (tertiary/aromatic N) is 2.